The Morgan fingerprint density at radius 3 is 2.44 bits per heavy atom. The van der Waals surface area contributed by atoms with Crippen molar-refractivity contribution in [2.75, 3.05) is 0 Å². The van der Waals surface area contributed by atoms with Crippen molar-refractivity contribution in [1.82, 2.24) is 10.2 Å². The summed E-state index contributed by atoms with van der Waals surface area (Å²) in [6, 6.07) is 7.33. The van der Waals surface area contributed by atoms with Crippen LogP contribution >= 0.6 is 34.8 Å². The molecule has 2 aromatic rings. The number of aromatic nitrogens is 2. The summed E-state index contributed by atoms with van der Waals surface area (Å²) in [5.74, 6) is 0. The van der Waals surface area contributed by atoms with Crippen LogP contribution in [0.15, 0.2) is 24.3 Å². The van der Waals surface area contributed by atoms with Gasteiger partial charge in [0.2, 0.25) is 0 Å². The van der Waals surface area contributed by atoms with Gasteiger partial charge in [0.1, 0.15) is 0 Å². The van der Waals surface area contributed by atoms with Crippen molar-refractivity contribution < 1.29 is 0 Å². The molecule has 1 aromatic heterocycles. The first-order chi connectivity index (χ1) is 7.58. The topological polar surface area (TPSA) is 25.8 Å². The highest BCUT2D eigenvalue weighted by Crippen LogP contribution is 2.30. The van der Waals surface area contributed by atoms with E-state index in [-0.39, 0.29) is 0 Å². The molecule has 1 aromatic carbocycles. The summed E-state index contributed by atoms with van der Waals surface area (Å²) < 4.78 is 0. The highest BCUT2D eigenvalue weighted by Gasteiger charge is 2.08. The largest absolute Gasteiger partial charge is 0.159 e. The number of benzene rings is 1. The summed E-state index contributed by atoms with van der Waals surface area (Å²) in [5.41, 5.74) is 2.61. The van der Waals surface area contributed by atoms with E-state index in [1.54, 1.807) is 6.07 Å². The first-order valence-corrected chi connectivity index (χ1v) is 5.66. The first kappa shape index (κ1) is 11.6. The van der Waals surface area contributed by atoms with Crippen LogP contribution in [0.1, 0.15) is 5.56 Å². The molecule has 1 heterocycles. The zero-order chi connectivity index (χ0) is 11.7. The number of rotatable bonds is 1. The predicted molar refractivity (Wildman–Crippen MR) is 67.2 cm³/mol. The van der Waals surface area contributed by atoms with Crippen molar-refractivity contribution in [3.63, 3.8) is 0 Å². The highest BCUT2D eigenvalue weighted by molar-refractivity contribution is 6.34. The van der Waals surface area contributed by atoms with E-state index in [1.807, 2.05) is 25.1 Å². The number of aryl methyl sites for hydroxylation is 1. The Balaban J connectivity index is 2.58. The fraction of sp³-hybridized carbons (Fsp3) is 0.0909. The Bertz CT molecular complexity index is 541. The average Bonchev–Trinajstić information content (AvgIpc) is 2.26. The second-order valence-corrected chi connectivity index (χ2v) is 4.49. The van der Waals surface area contributed by atoms with E-state index >= 15 is 0 Å². The molecule has 82 valence electrons. The molecular weight excluding hydrogens is 266 g/mol. The van der Waals surface area contributed by atoms with Crippen molar-refractivity contribution in [2.24, 2.45) is 0 Å². The van der Waals surface area contributed by atoms with Crippen molar-refractivity contribution >= 4 is 34.8 Å². The van der Waals surface area contributed by atoms with Crippen molar-refractivity contribution in [3.05, 3.63) is 45.2 Å². The van der Waals surface area contributed by atoms with E-state index < -0.39 is 0 Å². The number of nitrogens with zero attached hydrogens (tertiary/aromatic N) is 2. The van der Waals surface area contributed by atoms with Gasteiger partial charge >= 0.3 is 0 Å². The lowest BCUT2D eigenvalue weighted by Crippen LogP contribution is -1.88. The van der Waals surface area contributed by atoms with Gasteiger partial charge in [0.15, 0.2) is 10.3 Å². The average molecular weight is 274 g/mol. The minimum atomic E-state index is 0.302. The maximum Gasteiger partial charge on any atom is 0.159 e. The van der Waals surface area contributed by atoms with Gasteiger partial charge in [0.25, 0.3) is 0 Å². The Labute approximate surface area is 108 Å². The Hall–Kier alpha value is -0.830. The molecule has 0 aliphatic rings. The van der Waals surface area contributed by atoms with Crippen LogP contribution in [0, 0.1) is 6.92 Å². The van der Waals surface area contributed by atoms with Gasteiger partial charge < -0.3 is 0 Å². The van der Waals surface area contributed by atoms with Gasteiger partial charge in [-0.1, -0.05) is 46.9 Å². The summed E-state index contributed by atoms with van der Waals surface area (Å²) in [6.07, 6.45) is 0. The third-order valence-electron chi connectivity index (χ3n) is 2.20. The van der Waals surface area contributed by atoms with Gasteiger partial charge in [0.05, 0.1) is 0 Å². The summed E-state index contributed by atoms with van der Waals surface area (Å²) in [5, 5.41) is 8.70. The predicted octanol–water partition coefficient (Wildman–Crippen LogP) is 4.41. The van der Waals surface area contributed by atoms with Crippen LogP contribution in [0.2, 0.25) is 15.3 Å². The maximum atomic E-state index is 6.04. The van der Waals surface area contributed by atoms with Gasteiger partial charge in [-0.25, -0.2) is 0 Å². The molecule has 2 nitrogen and oxygen atoms in total. The van der Waals surface area contributed by atoms with Crippen molar-refractivity contribution in [3.8, 4) is 11.1 Å². The van der Waals surface area contributed by atoms with Crippen molar-refractivity contribution in [2.45, 2.75) is 6.92 Å². The normalized spacial score (nSPS) is 10.5. The van der Waals surface area contributed by atoms with E-state index in [0.717, 1.165) is 16.7 Å². The summed E-state index contributed by atoms with van der Waals surface area (Å²) in [6.45, 7) is 1.94. The zero-order valence-electron chi connectivity index (χ0n) is 8.34. The van der Waals surface area contributed by atoms with Crippen LogP contribution in [0.25, 0.3) is 11.1 Å². The van der Waals surface area contributed by atoms with E-state index in [9.17, 15) is 0 Å². The smallest absolute Gasteiger partial charge is 0.137 e. The molecular formula is C11H7Cl3N2. The SMILES string of the molecule is Cc1ccc(-c2cc(Cl)nnc2Cl)cc1Cl. The van der Waals surface area contributed by atoms with Crippen LogP contribution in [-0.2, 0) is 0 Å². The van der Waals surface area contributed by atoms with E-state index in [4.69, 9.17) is 34.8 Å². The van der Waals surface area contributed by atoms with Crippen LogP contribution in [-0.4, -0.2) is 10.2 Å². The second kappa shape index (κ2) is 4.58. The van der Waals surface area contributed by atoms with E-state index in [0.29, 0.717) is 15.3 Å². The zero-order valence-corrected chi connectivity index (χ0v) is 10.6. The van der Waals surface area contributed by atoms with Gasteiger partial charge in [-0.05, 0) is 30.2 Å². The van der Waals surface area contributed by atoms with Gasteiger partial charge in [-0.3, -0.25) is 0 Å². The third kappa shape index (κ3) is 2.29. The fourth-order valence-corrected chi connectivity index (χ4v) is 1.84. The first-order valence-electron chi connectivity index (χ1n) is 4.53. The fourth-order valence-electron chi connectivity index (χ4n) is 1.32. The summed E-state index contributed by atoms with van der Waals surface area (Å²) in [7, 11) is 0. The molecule has 0 aliphatic heterocycles. The lowest BCUT2D eigenvalue weighted by atomic mass is 10.1. The monoisotopic (exact) mass is 272 g/mol. The molecule has 5 heteroatoms. The Morgan fingerprint density at radius 1 is 1.00 bits per heavy atom. The molecule has 0 bridgehead atoms. The Morgan fingerprint density at radius 2 is 1.75 bits per heavy atom. The number of halogens is 3. The molecule has 0 spiro atoms. The van der Waals surface area contributed by atoms with E-state index in [1.165, 1.54) is 0 Å². The summed E-state index contributed by atoms with van der Waals surface area (Å²) >= 11 is 17.8. The molecule has 0 fully saturated rings. The van der Waals surface area contributed by atoms with Gasteiger partial charge in [-0.15, -0.1) is 10.2 Å². The molecule has 0 saturated heterocycles. The van der Waals surface area contributed by atoms with Gasteiger partial charge in [-0.2, -0.15) is 0 Å². The number of hydrogen-bond donors (Lipinski definition) is 0. The minimum absolute atomic E-state index is 0.302. The molecule has 2 rings (SSSR count). The van der Waals surface area contributed by atoms with Gasteiger partial charge in [0, 0.05) is 10.6 Å². The maximum absolute atomic E-state index is 6.04. The minimum Gasteiger partial charge on any atom is -0.137 e. The lowest BCUT2D eigenvalue weighted by molar-refractivity contribution is 1.03. The quantitative estimate of drug-likeness (QED) is 0.769. The van der Waals surface area contributed by atoms with Crippen LogP contribution in [0.3, 0.4) is 0 Å². The molecule has 0 amide bonds. The Kier molecular flexibility index (Phi) is 3.33. The van der Waals surface area contributed by atoms with Crippen molar-refractivity contribution in [1.29, 1.82) is 0 Å². The molecule has 0 aliphatic carbocycles. The molecule has 0 N–H and O–H groups in total. The standard InChI is InChI=1S/C11H7Cl3N2/c1-6-2-3-7(4-9(6)12)8-5-10(13)15-16-11(8)14/h2-5H,1H3. The molecule has 0 atom stereocenters. The molecule has 0 radical (unpaired) electrons. The lowest BCUT2D eigenvalue weighted by Gasteiger charge is -2.05. The third-order valence-corrected chi connectivity index (χ3v) is 3.07. The van der Waals surface area contributed by atoms with Crippen LogP contribution in [0.5, 0.6) is 0 Å². The molecule has 16 heavy (non-hydrogen) atoms. The van der Waals surface area contributed by atoms with Crippen LogP contribution in [0.4, 0.5) is 0 Å². The molecule has 0 unspecified atom stereocenters. The number of hydrogen-bond acceptors (Lipinski definition) is 2. The second-order valence-electron chi connectivity index (χ2n) is 3.34. The summed E-state index contributed by atoms with van der Waals surface area (Å²) in [4.78, 5) is 0. The van der Waals surface area contributed by atoms with E-state index in [2.05, 4.69) is 10.2 Å². The molecule has 0 saturated carbocycles. The highest BCUT2D eigenvalue weighted by atomic mass is 35.5. The van der Waals surface area contributed by atoms with Crippen LogP contribution < -0.4 is 0 Å².